The molecule has 0 aromatic carbocycles. The zero-order chi connectivity index (χ0) is 9.14. The molecule has 1 saturated carbocycles. The minimum absolute atomic E-state index is 0.0381. The van der Waals surface area contributed by atoms with E-state index in [0.29, 0.717) is 6.42 Å². The Bertz CT molecular complexity index is 198. The van der Waals surface area contributed by atoms with Gasteiger partial charge < -0.3 is 4.74 Å². The van der Waals surface area contributed by atoms with Crippen molar-refractivity contribution in [2.45, 2.75) is 26.2 Å². The van der Waals surface area contributed by atoms with Crippen molar-refractivity contribution >= 4 is 11.8 Å². The Labute approximate surface area is 72.1 Å². The van der Waals surface area contributed by atoms with Gasteiger partial charge in [-0.05, 0) is 26.2 Å². The molecule has 0 amide bonds. The fraction of sp³-hybridized carbons (Fsp3) is 0.778. The lowest BCUT2D eigenvalue weighted by Gasteiger charge is -2.06. The van der Waals surface area contributed by atoms with Crippen molar-refractivity contribution < 1.29 is 14.3 Å². The molecule has 3 nitrogen and oxygen atoms in total. The van der Waals surface area contributed by atoms with Gasteiger partial charge in [0, 0.05) is 5.92 Å². The molecule has 1 fully saturated rings. The first-order chi connectivity index (χ1) is 5.65. The highest BCUT2D eigenvalue weighted by Crippen LogP contribution is 2.31. The lowest BCUT2D eigenvalue weighted by atomic mass is 10.0. The molecule has 0 aromatic rings. The first-order valence-electron chi connectivity index (χ1n) is 4.23. The highest BCUT2D eigenvalue weighted by molar-refractivity contribution is 5.80. The fourth-order valence-corrected chi connectivity index (χ4v) is 1.73. The SMILES string of the molecule is COC(=O)C1CCC(C(C)=O)C1. The van der Waals surface area contributed by atoms with Gasteiger partial charge in [0.25, 0.3) is 0 Å². The van der Waals surface area contributed by atoms with Gasteiger partial charge in [-0.15, -0.1) is 0 Å². The van der Waals surface area contributed by atoms with Crippen molar-refractivity contribution in [2.75, 3.05) is 7.11 Å². The summed E-state index contributed by atoms with van der Waals surface area (Å²) in [6.07, 6.45) is 2.33. The minimum atomic E-state index is -0.168. The topological polar surface area (TPSA) is 43.4 Å². The van der Waals surface area contributed by atoms with Crippen molar-refractivity contribution in [3.63, 3.8) is 0 Å². The Morgan fingerprint density at radius 3 is 2.25 bits per heavy atom. The molecule has 0 N–H and O–H groups in total. The lowest BCUT2D eigenvalue weighted by molar-refractivity contribution is -0.145. The molecule has 0 heterocycles. The van der Waals surface area contributed by atoms with Crippen LogP contribution in [-0.2, 0) is 14.3 Å². The summed E-state index contributed by atoms with van der Waals surface area (Å²) in [5, 5.41) is 0. The van der Waals surface area contributed by atoms with E-state index in [0.717, 1.165) is 12.8 Å². The highest BCUT2D eigenvalue weighted by atomic mass is 16.5. The number of methoxy groups -OCH3 is 1. The standard InChI is InChI=1S/C9H14O3/c1-6(10)7-3-4-8(5-7)9(11)12-2/h7-8H,3-5H2,1-2H3. The van der Waals surface area contributed by atoms with Crippen LogP contribution in [0.15, 0.2) is 0 Å². The number of carbonyl (C=O) groups is 2. The van der Waals surface area contributed by atoms with Crippen LogP contribution in [0.4, 0.5) is 0 Å². The molecule has 12 heavy (non-hydrogen) atoms. The Hall–Kier alpha value is -0.860. The summed E-state index contributed by atoms with van der Waals surface area (Å²) in [6, 6.07) is 0. The highest BCUT2D eigenvalue weighted by Gasteiger charge is 2.32. The van der Waals surface area contributed by atoms with E-state index in [1.807, 2.05) is 0 Å². The molecular formula is C9H14O3. The molecule has 1 aliphatic carbocycles. The van der Waals surface area contributed by atoms with Crippen molar-refractivity contribution in [2.24, 2.45) is 11.8 Å². The van der Waals surface area contributed by atoms with Gasteiger partial charge >= 0.3 is 5.97 Å². The van der Waals surface area contributed by atoms with Crippen LogP contribution in [0.25, 0.3) is 0 Å². The number of hydrogen-bond donors (Lipinski definition) is 0. The van der Waals surface area contributed by atoms with E-state index >= 15 is 0 Å². The van der Waals surface area contributed by atoms with E-state index < -0.39 is 0 Å². The molecule has 0 bridgehead atoms. The van der Waals surface area contributed by atoms with E-state index in [9.17, 15) is 9.59 Å². The second-order valence-corrected chi connectivity index (χ2v) is 3.34. The molecule has 3 heteroatoms. The molecule has 2 unspecified atom stereocenters. The largest absolute Gasteiger partial charge is 0.469 e. The van der Waals surface area contributed by atoms with E-state index in [2.05, 4.69) is 4.74 Å². The van der Waals surface area contributed by atoms with Crippen LogP contribution in [0.3, 0.4) is 0 Å². The molecule has 2 atom stereocenters. The summed E-state index contributed by atoms with van der Waals surface area (Å²) < 4.78 is 4.61. The van der Waals surface area contributed by atoms with Gasteiger partial charge in [-0.1, -0.05) is 0 Å². The second kappa shape index (κ2) is 3.70. The van der Waals surface area contributed by atoms with E-state index in [1.54, 1.807) is 6.92 Å². The number of Topliss-reactive ketones (excluding diaryl/α,β-unsaturated/α-hetero) is 1. The zero-order valence-electron chi connectivity index (χ0n) is 7.50. The Morgan fingerprint density at radius 1 is 1.25 bits per heavy atom. The van der Waals surface area contributed by atoms with Crippen molar-refractivity contribution in [3.05, 3.63) is 0 Å². The van der Waals surface area contributed by atoms with Crippen LogP contribution in [0.5, 0.6) is 0 Å². The first-order valence-corrected chi connectivity index (χ1v) is 4.23. The van der Waals surface area contributed by atoms with Crippen LogP contribution in [0.1, 0.15) is 26.2 Å². The average molecular weight is 170 g/mol. The second-order valence-electron chi connectivity index (χ2n) is 3.34. The van der Waals surface area contributed by atoms with E-state index in [4.69, 9.17) is 0 Å². The lowest BCUT2D eigenvalue weighted by Crippen LogP contribution is -2.14. The fourth-order valence-electron chi connectivity index (χ4n) is 1.73. The monoisotopic (exact) mass is 170 g/mol. The van der Waals surface area contributed by atoms with Crippen LogP contribution < -0.4 is 0 Å². The van der Waals surface area contributed by atoms with Crippen molar-refractivity contribution in [1.82, 2.24) is 0 Å². The van der Waals surface area contributed by atoms with Gasteiger partial charge in [-0.3, -0.25) is 9.59 Å². The number of ketones is 1. The molecule has 1 aliphatic rings. The quantitative estimate of drug-likeness (QED) is 0.584. The number of ether oxygens (including phenoxy) is 1. The van der Waals surface area contributed by atoms with Crippen molar-refractivity contribution in [3.8, 4) is 0 Å². The Morgan fingerprint density at radius 2 is 1.83 bits per heavy atom. The maximum atomic E-state index is 11.0. The summed E-state index contributed by atoms with van der Waals surface area (Å²) in [7, 11) is 1.39. The first kappa shape index (κ1) is 9.23. The third-order valence-electron chi connectivity index (χ3n) is 2.54. The van der Waals surface area contributed by atoms with Crippen LogP contribution in [0, 0.1) is 11.8 Å². The van der Waals surface area contributed by atoms with Gasteiger partial charge in [-0.25, -0.2) is 0 Å². The summed E-state index contributed by atoms with van der Waals surface area (Å²) in [4.78, 5) is 22.0. The Balaban J connectivity index is 2.45. The number of rotatable bonds is 2. The van der Waals surface area contributed by atoms with Crippen LogP contribution >= 0.6 is 0 Å². The smallest absolute Gasteiger partial charge is 0.308 e. The molecule has 0 aliphatic heterocycles. The number of carbonyl (C=O) groups excluding carboxylic acids is 2. The number of hydrogen-bond acceptors (Lipinski definition) is 3. The maximum absolute atomic E-state index is 11.0. The molecule has 0 aromatic heterocycles. The van der Waals surface area contributed by atoms with Gasteiger partial charge in [0.15, 0.2) is 0 Å². The molecule has 0 saturated heterocycles. The van der Waals surface area contributed by atoms with Gasteiger partial charge in [-0.2, -0.15) is 0 Å². The maximum Gasteiger partial charge on any atom is 0.308 e. The summed E-state index contributed by atoms with van der Waals surface area (Å²) in [5.74, 6) is 0.0816. The average Bonchev–Trinajstić information content (AvgIpc) is 2.51. The van der Waals surface area contributed by atoms with Gasteiger partial charge in [0.05, 0.1) is 13.0 Å². The normalized spacial score (nSPS) is 28.5. The van der Waals surface area contributed by atoms with Crippen LogP contribution in [0.2, 0.25) is 0 Å². The summed E-state index contributed by atoms with van der Waals surface area (Å²) in [6.45, 7) is 1.59. The van der Waals surface area contributed by atoms with E-state index in [1.165, 1.54) is 7.11 Å². The number of esters is 1. The summed E-state index contributed by atoms with van der Waals surface area (Å²) >= 11 is 0. The third kappa shape index (κ3) is 1.84. The molecule has 1 rings (SSSR count). The molecular weight excluding hydrogens is 156 g/mol. The van der Waals surface area contributed by atoms with Gasteiger partial charge in [0.2, 0.25) is 0 Å². The Kier molecular flexibility index (Phi) is 2.84. The molecule has 0 spiro atoms. The van der Waals surface area contributed by atoms with Crippen LogP contribution in [-0.4, -0.2) is 18.9 Å². The molecule has 68 valence electrons. The predicted molar refractivity (Wildman–Crippen MR) is 43.5 cm³/mol. The third-order valence-corrected chi connectivity index (χ3v) is 2.54. The summed E-state index contributed by atoms with van der Waals surface area (Å²) in [5.41, 5.74) is 0. The predicted octanol–water partition coefficient (Wildman–Crippen LogP) is 1.16. The van der Waals surface area contributed by atoms with Crippen molar-refractivity contribution in [1.29, 1.82) is 0 Å². The zero-order valence-corrected chi connectivity index (χ0v) is 7.50. The van der Waals surface area contributed by atoms with E-state index in [-0.39, 0.29) is 23.6 Å². The minimum Gasteiger partial charge on any atom is -0.469 e. The van der Waals surface area contributed by atoms with Gasteiger partial charge in [0.1, 0.15) is 5.78 Å². The molecule has 0 radical (unpaired) electrons.